The minimum atomic E-state index is -0.380. The van der Waals surface area contributed by atoms with Crippen molar-refractivity contribution in [1.29, 1.82) is 0 Å². The predicted molar refractivity (Wildman–Crippen MR) is 145 cm³/mol. The van der Waals surface area contributed by atoms with Gasteiger partial charge in [0.15, 0.2) is 0 Å². The van der Waals surface area contributed by atoms with Crippen LogP contribution < -0.4 is 5.32 Å². The molecule has 1 saturated carbocycles. The van der Waals surface area contributed by atoms with Crippen LogP contribution in [0.25, 0.3) is 0 Å². The number of ketones is 3. The topological polar surface area (TPSA) is 117 Å². The minimum Gasteiger partial charge on any atom is -0.379 e. The van der Waals surface area contributed by atoms with Crippen molar-refractivity contribution in [2.45, 2.75) is 105 Å². The maximum atomic E-state index is 12.5. The van der Waals surface area contributed by atoms with E-state index in [9.17, 15) is 19.2 Å². The quantitative estimate of drug-likeness (QED) is 0.195. The van der Waals surface area contributed by atoms with E-state index < -0.39 is 0 Å². The van der Waals surface area contributed by atoms with Crippen molar-refractivity contribution < 1.29 is 38.1 Å². The lowest BCUT2D eigenvalue weighted by Gasteiger charge is -2.35. The highest BCUT2D eigenvalue weighted by atomic mass is 16.5. The summed E-state index contributed by atoms with van der Waals surface area (Å²) in [4.78, 5) is 47.7. The smallest absolute Gasteiger partial charge is 0.222 e. The molecule has 0 atom stereocenters. The van der Waals surface area contributed by atoms with Crippen LogP contribution in [-0.4, -0.2) is 81.1 Å². The van der Waals surface area contributed by atoms with Gasteiger partial charge in [0.05, 0.1) is 51.3 Å². The average Bonchev–Trinajstić information content (AvgIpc) is 2.83. The molecule has 1 N–H and O–H groups in total. The van der Waals surface area contributed by atoms with E-state index in [2.05, 4.69) is 5.32 Å². The third kappa shape index (κ3) is 15.7. The van der Waals surface area contributed by atoms with E-state index in [1.54, 1.807) is 0 Å². The SMILES string of the molecule is CC(C)C(=O)CCCOC1CC(OCCC(=O)NC(COCCC(=O)C(C)C)COCCC(=O)C(C)C)C1. The first kappa shape index (κ1) is 34.3. The molecule has 0 heterocycles. The summed E-state index contributed by atoms with van der Waals surface area (Å²) >= 11 is 0. The van der Waals surface area contributed by atoms with Gasteiger partial charge in [-0.1, -0.05) is 41.5 Å². The normalized spacial score (nSPS) is 17.3. The maximum Gasteiger partial charge on any atom is 0.222 e. The van der Waals surface area contributed by atoms with Gasteiger partial charge in [0.25, 0.3) is 0 Å². The largest absolute Gasteiger partial charge is 0.379 e. The number of nitrogens with one attached hydrogen (secondary N) is 1. The van der Waals surface area contributed by atoms with Crippen molar-refractivity contribution in [3.63, 3.8) is 0 Å². The second-order valence-electron chi connectivity index (χ2n) is 11.1. The van der Waals surface area contributed by atoms with Crippen LogP contribution in [0.4, 0.5) is 0 Å². The molecule has 0 unspecified atom stereocenters. The van der Waals surface area contributed by atoms with Crippen molar-refractivity contribution in [2.75, 3.05) is 39.6 Å². The lowest BCUT2D eigenvalue weighted by molar-refractivity contribution is -0.129. The number of ether oxygens (including phenoxy) is 4. The Morgan fingerprint density at radius 3 is 1.55 bits per heavy atom. The predicted octanol–water partition coefficient (Wildman–Crippen LogP) is 3.69. The number of carbonyl (C=O) groups is 4. The summed E-state index contributed by atoms with van der Waals surface area (Å²) in [5.74, 6) is 0.379. The highest BCUT2D eigenvalue weighted by molar-refractivity contribution is 5.81. The Bertz CT molecular complexity index is 687. The Hall–Kier alpha value is -1.68. The van der Waals surface area contributed by atoms with Crippen LogP contribution in [0.1, 0.15) is 86.5 Å². The fourth-order valence-corrected chi connectivity index (χ4v) is 3.70. The third-order valence-electron chi connectivity index (χ3n) is 6.58. The van der Waals surface area contributed by atoms with Gasteiger partial charge in [0.2, 0.25) is 5.91 Å². The molecular formula is C29H51NO8. The average molecular weight is 542 g/mol. The summed E-state index contributed by atoms with van der Waals surface area (Å²) in [6, 6.07) is -0.380. The van der Waals surface area contributed by atoms with Crippen LogP contribution in [0.5, 0.6) is 0 Å². The fraction of sp³-hybridized carbons (Fsp3) is 0.862. The van der Waals surface area contributed by atoms with Crippen LogP contribution in [0.3, 0.4) is 0 Å². The van der Waals surface area contributed by atoms with Gasteiger partial charge < -0.3 is 24.3 Å². The molecule has 1 rings (SSSR count). The second kappa shape index (κ2) is 19.4. The van der Waals surface area contributed by atoms with Crippen molar-refractivity contribution in [2.24, 2.45) is 17.8 Å². The molecule has 0 aromatic rings. The van der Waals surface area contributed by atoms with Crippen LogP contribution in [0.15, 0.2) is 0 Å². The Kier molecular flexibility index (Phi) is 17.5. The van der Waals surface area contributed by atoms with Crippen LogP contribution in [0, 0.1) is 17.8 Å². The van der Waals surface area contributed by atoms with Crippen molar-refractivity contribution in [1.82, 2.24) is 5.32 Å². The standard InChI is InChI=1S/C29H51NO8/c1-20(2)26(31)8-7-12-37-24-16-25(17-24)38-15-11-29(34)30-23(18-35-13-9-27(32)21(3)4)19-36-14-10-28(33)22(5)6/h20-25H,7-19H2,1-6H3,(H,30,34). The molecule has 0 radical (unpaired) electrons. The minimum absolute atomic E-state index is 0.0335. The zero-order valence-corrected chi connectivity index (χ0v) is 24.4. The monoisotopic (exact) mass is 541 g/mol. The van der Waals surface area contributed by atoms with Gasteiger partial charge in [0, 0.05) is 50.0 Å². The van der Waals surface area contributed by atoms with E-state index in [0.29, 0.717) is 32.5 Å². The van der Waals surface area contributed by atoms with E-state index >= 15 is 0 Å². The number of hydrogen-bond donors (Lipinski definition) is 1. The van der Waals surface area contributed by atoms with E-state index in [0.717, 1.165) is 19.3 Å². The third-order valence-corrected chi connectivity index (χ3v) is 6.58. The first-order chi connectivity index (χ1) is 18.0. The molecular weight excluding hydrogens is 490 g/mol. The zero-order valence-electron chi connectivity index (χ0n) is 24.4. The molecule has 0 saturated heterocycles. The number of hydrogen-bond acceptors (Lipinski definition) is 8. The van der Waals surface area contributed by atoms with Crippen molar-refractivity contribution >= 4 is 23.3 Å². The molecule has 0 aromatic heterocycles. The molecule has 38 heavy (non-hydrogen) atoms. The van der Waals surface area contributed by atoms with E-state index in [1.165, 1.54) is 0 Å². The lowest BCUT2D eigenvalue weighted by Crippen LogP contribution is -2.43. The molecule has 0 aliphatic heterocycles. The lowest BCUT2D eigenvalue weighted by atomic mass is 9.92. The summed E-state index contributed by atoms with van der Waals surface area (Å²) in [6.07, 6.45) is 4.03. The number of rotatable bonds is 23. The Balaban J connectivity index is 2.26. The van der Waals surface area contributed by atoms with Gasteiger partial charge in [0.1, 0.15) is 17.3 Å². The van der Waals surface area contributed by atoms with Gasteiger partial charge in [-0.3, -0.25) is 19.2 Å². The zero-order chi connectivity index (χ0) is 28.5. The highest BCUT2D eigenvalue weighted by Crippen LogP contribution is 2.26. The molecule has 0 bridgehead atoms. The summed E-state index contributed by atoms with van der Waals surface area (Å²) in [6.45, 7) is 13.2. The van der Waals surface area contributed by atoms with E-state index in [-0.39, 0.29) is 92.1 Å². The molecule has 220 valence electrons. The van der Waals surface area contributed by atoms with Gasteiger partial charge in [-0.15, -0.1) is 0 Å². The molecule has 1 aliphatic carbocycles. The highest BCUT2D eigenvalue weighted by Gasteiger charge is 2.30. The van der Waals surface area contributed by atoms with Crippen molar-refractivity contribution in [3.8, 4) is 0 Å². The van der Waals surface area contributed by atoms with Gasteiger partial charge in [-0.25, -0.2) is 0 Å². The van der Waals surface area contributed by atoms with Gasteiger partial charge >= 0.3 is 0 Å². The fourth-order valence-electron chi connectivity index (χ4n) is 3.70. The van der Waals surface area contributed by atoms with Gasteiger partial charge in [-0.05, 0) is 19.3 Å². The van der Waals surface area contributed by atoms with Crippen LogP contribution in [-0.2, 0) is 38.1 Å². The first-order valence-corrected chi connectivity index (χ1v) is 14.3. The molecule has 1 aliphatic rings. The summed E-state index contributed by atoms with van der Waals surface area (Å²) in [5.41, 5.74) is 0. The van der Waals surface area contributed by atoms with E-state index in [1.807, 2.05) is 41.5 Å². The molecule has 0 aromatic carbocycles. The molecule has 1 fully saturated rings. The Morgan fingerprint density at radius 2 is 1.08 bits per heavy atom. The number of carbonyl (C=O) groups excluding carboxylic acids is 4. The molecule has 9 nitrogen and oxygen atoms in total. The summed E-state index contributed by atoms with van der Waals surface area (Å²) in [5, 5.41) is 2.92. The summed E-state index contributed by atoms with van der Waals surface area (Å²) in [7, 11) is 0. The molecule has 1 amide bonds. The van der Waals surface area contributed by atoms with Crippen LogP contribution in [0.2, 0.25) is 0 Å². The second-order valence-corrected chi connectivity index (χ2v) is 11.1. The molecule has 0 spiro atoms. The molecule has 9 heteroatoms. The van der Waals surface area contributed by atoms with Gasteiger partial charge in [-0.2, -0.15) is 0 Å². The van der Waals surface area contributed by atoms with Crippen molar-refractivity contribution in [3.05, 3.63) is 0 Å². The number of Topliss-reactive ketones (excluding diaryl/α,β-unsaturated/α-hetero) is 3. The number of amides is 1. The van der Waals surface area contributed by atoms with Crippen LogP contribution >= 0.6 is 0 Å². The van der Waals surface area contributed by atoms with E-state index in [4.69, 9.17) is 18.9 Å². The Labute approximate surface area is 229 Å². The first-order valence-electron chi connectivity index (χ1n) is 14.3. The maximum absolute atomic E-state index is 12.5. The summed E-state index contributed by atoms with van der Waals surface area (Å²) < 4.78 is 22.9. The Morgan fingerprint density at radius 1 is 0.632 bits per heavy atom.